The van der Waals surface area contributed by atoms with E-state index in [2.05, 4.69) is 37.2 Å². The number of fused-ring (bicyclic) bond motifs is 1. The van der Waals surface area contributed by atoms with Gasteiger partial charge in [-0.25, -0.2) is 0 Å². The van der Waals surface area contributed by atoms with Gasteiger partial charge in [-0.3, -0.25) is 10.1 Å². The highest BCUT2D eigenvalue weighted by atomic mass is 79.9. The Kier molecular flexibility index (Phi) is 4.29. The molecule has 1 aliphatic heterocycles. The number of carbonyl (C=O) groups is 1. The molecule has 0 aliphatic carbocycles. The highest BCUT2D eigenvalue weighted by Gasteiger charge is 2.27. The number of rotatable bonds is 2. The van der Waals surface area contributed by atoms with E-state index in [4.69, 9.17) is 9.47 Å². The number of nitrogens with one attached hydrogen (secondary N) is 1. The van der Waals surface area contributed by atoms with E-state index in [1.807, 2.05) is 6.07 Å². The fourth-order valence-corrected chi connectivity index (χ4v) is 3.75. The van der Waals surface area contributed by atoms with Gasteiger partial charge in [0.2, 0.25) is 0 Å². The molecule has 1 aromatic rings. The summed E-state index contributed by atoms with van der Waals surface area (Å²) in [7, 11) is 3.03. The van der Waals surface area contributed by atoms with Crippen molar-refractivity contribution in [2.24, 2.45) is 0 Å². The predicted octanol–water partition coefficient (Wildman–Crippen LogP) is 2.41. The van der Waals surface area contributed by atoms with Crippen molar-refractivity contribution in [2.45, 2.75) is 19.0 Å². The summed E-state index contributed by atoms with van der Waals surface area (Å²) in [6.07, 6.45) is 0.614. The molecule has 1 atom stereocenters. The minimum Gasteiger partial charge on any atom is -0.494 e. The molecule has 1 N–H and O–H groups in total. The summed E-state index contributed by atoms with van der Waals surface area (Å²) in [5.74, 6) is 0.538. The normalized spacial score (nSPS) is 18.1. The van der Waals surface area contributed by atoms with Crippen LogP contribution in [0, 0.1) is 0 Å². The quantitative estimate of drug-likeness (QED) is 0.803. The van der Waals surface area contributed by atoms with Crippen molar-refractivity contribution in [1.82, 2.24) is 5.32 Å². The molecule has 0 radical (unpaired) electrons. The lowest BCUT2D eigenvalue weighted by atomic mass is 9.95. The molecule has 0 saturated heterocycles. The molecule has 0 bridgehead atoms. The zero-order valence-electron chi connectivity index (χ0n) is 10.0. The van der Waals surface area contributed by atoms with Crippen molar-refractivity contribution >= 4 is 37.8 Å². The highest BCUT2D eigenvalue weighted by Crippen LogP contribution is 2.39. The van der Waals surface area contributed by atoms with Crippen molar-refractivity contribution < 1.29 is 14.3 Å². The van der Waals surface area contributed by atoms with Gasteiger partial charge >= 0.3 is 5.97 Å². The molecule has 0 spiro atoms. The van der Waals surface area contributed by atoms with Crippen molar-refractivity contribution in [2.75, 3.05) is 14.2 Å². The van der Waals surface area contributed by atoms with Gasteiger partial charge in [0, 0.05) is 6.54 Å². The molecule has 0 amide bonds. The van der Waals surface area contributed by atoms with E-state index < -0.39 is 0 Å². The Morgan fingerprint density at radius 2 is 2.17 bits per heavy atom. The summed E-state index contributed by atoms with van der Waals surface area (Å²) in [6, 6.07) is 1.71. The van der Waals surface area contributed by atoms with Crippen LogP contribution in [0.1, 0.15) is 11.1 Å². The summed E-state index contributed by atoms with van der Waals surface area (Å²) in [6.45, 7) is 0.610. The van der Waals surface area contributed by atoms with E-state index in [9.17, 15) is 4.79 Å². The van der Waals surface area contributed by atoms with Crippen molar-refractivity contribution in [1.29, 1.82) is 0 Å². The fourth-order valence-electron chi connectivity index (χ4n) is 2.08. The van der Waals surface area contributed by atoms with Crippen LogP contribution in [0.5, 0.6) is 5.75 Å². The number of carbonyl (C=O) groups excluding carboxylic acids is 1. The van der Waals surface area contributed by atoms with E-state index in [0.717, 1.165) is 25.8 Å². The number of esters is 1. The SMILES string of the molecule is COC(=O)C1Cc2cc(Br)c(OC)c(Br)c2CN1. The Hall–Kier alpha value is -0.590. The first-order valence-corrected chi connectivity index (χ1v) is 7.02. The third kappa shape index (κ3) is 2.41. The summed E-state index contributed by atoms with van der Waals surface area (Å²) >= 11 is 7.01. The van der Waals surface area contributed by atoms with Crippen molar-refractivity contribution in [3.05, 3.63) is 26.1 Å². The van der Waals surface area contributed by atoms with Crippen LogP contribution in [0.4, 0.5) is 0 Å². The monoisotopic (exact) mass is 377 g/mol. The first-order valence-electron chi connectivity index (χ1n) is 5.43. The lowest BCUT2D eigenvalue weighted by Gasteiger charge is -2.26. The lowest BCUT2D eigenvalue weighted by Crippen LogP contribution is -2.42. The van der Waals surface area contributed by atoms with Crippen molar-refractivity contribution in [3.8, 4) is 5.75 Å². The average Bonchev–Trinajstić information content (AvgIpc) is 2.37. The molecule has 18 heavy (non-hydrogen) atoms. The van der Waals surface area contributed by atoms with Crippen molar-refractivity contribution in [3.63, 3.8) is 0 Å². The number of methoxy groups -OCH3 is 2. The molecule has 1 aliphatic rings. The van der Waals surface area contributed by atoms with Crippen LogP contribution in [-0.4, -0.2) is 26.2 Å². The van der Waals surface area contributed by atoms with Crippen LogP contribution in [0.15, 0.2) is 15.0 Å². The molecule has 1 unspecified atom stereocenters. The molecule has 0 fully saturated rings. The molecule has 0 aromatic heterocycles. The molecule has 1 aromatic carbocycles. The Bertz CT molecular complexity index is 491. The van der Waals surface area contributed by atoms with E-state index >= 15 is 0 Å². The number of halogens is 2. The Morgan fingerprint density at radius 1 is 1.44 bits per heavy atom. The predicted molar refractivity (Wildman–Crippen MR) is 74.7 cm³/mol. The summed E-state index contributed by atoms with van der Waals surface area (Å²) in [5.41, 5.74) is 2.24. The van der Waals surface area contributed by atoms with Gasteiger partial charge in [-0.2, -0.15) is 0 Å². The maximum Gasteiger partial charge on any atom is 0.323 e. The molecular formula is C12H13Br2NO3. The van der Waals surface area contributed by atoms with E-state index in [0.29, 0.717) is 13.0 Å². The first kappa shape index (κ1) is 13.8. The number of benzene rings is 1. The number of hydrogen-bond acceptors (Lipinski definition) is 4. The van der Waals surface area contributed by atoms with Crippen LogP contribution in [0.2, 0.25) is 0 Å². The number of ether oxygens (including phenoxy) is 2. The lowest BCUT2D eigenvalue weighted by molar-refractivity contribution is -0.143. The van der Waals surface area contributed by atoms with Gasteiger partial charge in [0.15, 0.2) is 0 Å². The summed E-state index contributed by atoms with van der Waals surface area (Å²) in [4.78, 5) is 11.5. The number of hydrogen-bond donors (Lipinski definition) is 1. The average molecular weight is 379 g/mol. The van der Waals surface area contributed by atoms with Crippen LogP contribution in [-0.2, 0) is 22.5 Å². The van der Waals surface area contributed by atoms with Gasteiger partial charge in [-0.05, 0) is 55.5 Å². The van der Waals surface area contributed by atoms with E-state index in [-0.39, 0.29) is 12.0 Å². The van der Waals surface area contributed by atoms with Crippen LogP contribution in [0.25, 0.3) is 0 Å². The largest absolute Gasteiger partial charge is 0.494 e. The zero-order valence-corrected chi connectivity index (χ0v) is 13.2. The summed E-state index contributed by atoms with van der Waals surface area (Å²) < 4.78 is 11.9. The third-order valence-electron chi connectivity index (χ3n) is 3.01. The van der Waals surface area contributed by atoms with Crippen LogP contribution in [0.3, 0.4) is 0 Å². The second-order valence-corrected chi connectivity index (χ2v) is 5.65. The smallest absolute Gasteiger partial charge is 0.323 e. The molecular weight excluding hydrogens is 366 g/mol. The molecule has 0 saturated carbocycles. The van der Waals surface area contributed by atoms with Gasteiger partial charge in [-0.15, -0.1) is 0 Å². The van der Waals surface area contributed by atoms with Gasteiger partial charge < -0.3 is 9.47 Å². The maximum absolute atomic E-state index is 11.5. The Balaban J connectivity index is 2.37. The second-order valence-electron chi connectivity index (χ2n) is 4.00. The van der Waals surface area contributed by atoms with E-state index in [1.165, 1.54) is 7.11 Å². The van der Waals surface area contributed by atoms with Crippen LogP contribution >= 0.6 is 31.9 Å². The van der Waals surface area contributed by atoms with Gasteiger partial charge in [0.05, 0.1) is 23.2 Å². The maximum atomic E-state index is 11.5. The van der Waals surface area contributed by atoms with E-state index in [1.54, 1.807) is 7.11 Å². The standard InChI is InChI=1S/C12H13Br2NO3/c1-17-11-8(13)3-6-4-9(12(16)18-2)15-5-7(6)10(11)14/h3,9,15H,4-5H2,1-2H3. The molecule has 6 heteroatoms. The third-order valence-corrected chi connectivity index (χ3v) is 4.44. The Morgan fingerprint density at radius 3 is 2.78 bits per heavy atom. The molecule has 4 nitrogen and oxygen atoms in total. The zero-order chi connectivity index (χ0) is 13.3. The van der Waals surface area contributed by atoms with Gasteiger partial charge in [0.25, 0.3) is 0 Å². The Labute approximate surface area is 122 Å². The minimum atomic E-state index is -0.283. The minimum absolute atomic E-state index is 0.233. The van der Waals surface area contributed by atoms with Gasteiger partial charge in [0.1, 0.15) is 11.8 Å². The topological polar surface area (TPSA) is 47.6 Å². The van der Waals surface area contributed by atoms with Gasteiger partial charge in [-0.1, -0.05) is 0 Å². The second kappa shape index (κ2) is 5.59. The molecule has 98 valence electrons. The fraction of sp³-hybridized carbons (Fsp3) is 0.417. The highest BCUT2D eigenvalue weighted by molar-refractivity contribution is 9.11. The first-order chi connectivity index (χ1) is 8.58. The van der Waals surface area contributed by atoms with Crippen LogP contribution < -0.4 is 10.1 Å². The molecule has 2 rings (SSSR count). The summed E-state index contributed by atoms with van der Waals surface area (Å²) in [5, 5.41) is 3.16. The molecule has 1 heterocycles.